The molecule has 1 aromatic rings. The lowest BCUT2D eigenvalue weighted by Gasteiger charge is -2.45. The highest BCUT2D eigenvalue weighted by Gasteiger charge is 2.51. The zero-order valence-electron chi connectivity index (χ0n) is 12.9. The van der Waals surface area contributed by atoms with Gasteiger partial charge in [-0.25, -0.2) is 0 Å². The van der Waals surface area contributed by atoms with Gasteiger partial charge in [-0.1, -0.05) is 24.3 Å². The fourth-order valence-corrected chi connectivity index (χ4v) is 3.59. The Kier molecular flexibility index (Phi) is 3.43. The molecule has 1 fully saturated rings. The second kappa shape index (κ2) is 5.16. The minimum atomic E-state index is -0.876. The number of carbonyl (C=O) groups excluding carboxylic acids is 2. The molecule has 3 rings (SSSR count). The van der Waals surface area contributed by atoms with Crippen LogP contribution >= 0.6 is 0 Å². The van der Waals surface area contributed by atoms with Gasteiger partial charge in [-0.3, -0.25) is 9.59 Å². The van der Waals surface area contributed by atoms with Crippen LogP contribution in [0.1, 0.15) is 18.9 Å². The number of benzene rings is 1. The molecule has 2 aliphatic rings. The molecule has 1 aromatic carbocycles. The van der Waals surface area contributed by atoms with Crippen molar-refractivity contribution < 1.29 is 9.59 Å². The minimum absolute atomic E-state index is 0.0324. The maximum Gasteiger partial charge on any atom is 0.233 e. The monoisotopic (exact) mass is 299 g/mol. The zero-order valence-corrected chi connectivity index (χ0v) is 12.9. The van der Waals surface area contributed by atoms with Gasteiger partial charge in [0.25, 0.3) is 0 Å². The predicted octanol–water partition coefficient (Wildman–Crippen LogP) is 1.47. The maximum atomic E-state index is 12.8. The smallest absolute Gasteiger partial charge is 0.233 e. The van der Waals surface area contributed by atoms with Crippen LogP contribution in [0.5, 0.6) is 0 Å². The molecular formula is C17H21N3O2. The van der Waals surface area contributed by atoms with Crippen molar-refractivity contribution in [2.24, 2.45) is 17.1 Å². The van der Waals surface area contributed by atoms with Crippen LogP contribution < -0.4 is 11.1 Å². The summed E-state index contributed by atoms with van der Waals surface area (Å²) in [5.74, 6) is -0.895. The lowest BCUT2D eigenvalue weighted by atomic mass is 9.65. The number of nitrogens with two attached hydrogens (primary N) is 1. The van der Waals surface area contributed by atoms with Gasteiger partial charge in [0.1, 0.15) is 0 Å². The molecule has 0 spiro atoms. The number of carbonyl (C=O) groups is 2. The van der Waals surface area contributed by atoms with Crippen LogP contribution in [0.2, 0.25) is 0 Å². The molecule has 0 radical (unpaired) electrons. The number of rotatable bonds is 2. The largest absolute Gasteiger partial charge is 0.381 e. The van der Waals surface area contributed by atoms with E-state index in [0.717, 1.165) is 16.8 Å². The lowest BCUT2D eigenvalue weighted by Crippen LogP contribution is -2.56. The second-order valence-corrected chi connectivity index (χ2v) is 6.28. The molecule has 5 heteroatoms. The number of likely N-dealkylation sites (tertiary alicyclic amines) is 1. The maximum absolute atomic E-state index is 12.8. The number of nitrogens with zero attached hydrogens (tertiary/aromatic N) is 1. The average Bonchev–Trinajstić information content (AvgIpc) is 2.52. The minimum Gasteiger partial charge on any atom is -0.381 e. The number of nitrogens with one attached hydrogen (secondary N) is 1. The Morgan fingerprint density at radius 1 is 1.41 bits per heavy atom. The van der Waals surface area contributed by atoms with Crippen molar-refractivity contribution in [1.29, 1.82) is 0 Å². The first-order chi connectivity index (χ1) is 10.4. The first-order valence-electron chi connectivity index (χ1n) is 7.53. The summed E-state index contributed by atoms with van der Waals surface area (Å²) in [6, 6.07) is 7.94. The standard InChI is InChI=1S/C17H21N3O2/c1-17(13(15(18)21)7-8-20(2)16(17)22)12-9-11-5-3-4-6-14(11)19-10-12/h3-6,9,13,19H,7-8,10H2,1-2H3,(H2,18,21). The quantitative estimate of drug-likeness (QED) is 0.868. The number of hydrogen-bond acceptors (Lipinski definition) is 3. The van der Waals surface area contributed by atoms with Crippen molar-refractivity contribution in [1.82, 2.24) is 4.90 Å². The highest BCUT2D eigenvalue weighted by molar-refractivity contribution is 5.95. The van der Waals surface area contributed by atoms with E-state index >= 15 is 0 Å². The molecular weight excluding hydrogens is 278 g/mol. The Labute approximate surface area is 130 Å². The molecule has 2 aliphatic heterocycles. The number of para-hydroxylation sites is 1. The van der Waals surface area contributed by atoms with E-state index in [0.29, 0.717) is 19.5 Å². The average molecular weight is 299 g/mol. The van der Waals surface area contributed by atoms with Gasteiger partial charge in [0, 0.05) is 25.8 Å². The Morgan fingerprint density at radius 3 is 2.86 bits per heavy atom. The summed E-state index contributed by atoms with van der Waals surface area (Å²) < 4.78 is 0. The molecule has 5 nitrogen and oxygen atoms in total. The molecule has 0 saturated carbocycles. The van der Waals surface area contributed by atoms with Gasteiger partial charge in [0.05, 0.1) is 11.3 Å². The molecule has 2 amide bonds. The van der Waals surface area contributed by atoms with E-state index in [1.807, 2.05) is 37.3 Å². The molecule has 0 bridgehead atoms. The van der Waals surface area contributed by atoms with Crippen molar-refractivity contribution in [2.45, 2.75) is 13.3 Å². The second-order valence-electron chi connectivity index (χ2n) is 6.28. The summed E-state index contributed by atoms with van der Waals surface area (Å²) in [6.07, 6.45) is 2.63. The Hall–Kier alpha value is -2.30. The molecule has 0 aromatic heterocycles. The third kappa shape index (κ3) is 2.08. The summed E-state index contributed by atoms with van der Waals surface area (Å²) in [5.41, 5.74) is 7.72. The molecule has 116 valence electrons. The fourth-order valence-electron chi connectivity index (χ4n) is 3.59. The number of fused-ring (bicyclic) bond motifs is 1. The van der Waals surface area contributed by atoms with Gasteiger partial charge in [-0.05, 0) is 30.5 Å². The van der Waals surface area contributed by atoms with Gasteiger partial charge in [-0.15, -0.1) is 0 Å². The molecule has 0 aliphatic carbocycles. The first-order valence-corrected chi connectivity index (χ1v) is 7.53. The Bertz CT molecular complexity index is 668. The van der Waals surface area contributed by atoms with E-state index in [-0.39, 0.29) is 5.91 Å². The summed E-state index contributed by atoms with van der Waals surface area (Å²) in [7, 11) is 1.78. The number of anilines is 1. The molecule has 2 atom stereocenters. The van der Waals surface area contributed by atoms with E-state index in [2.05, 4.69) is 5.32 Å². The fraction of sp³-hybridized carbons (Fsp3) is 0.412. The Morgan fingerprint density at radius 2 is 2.14 bits per heavy atom. The molecule has 3 N–H and O–H groups in total. The molecule has 2 heterocycles. The van der Waals surface area contributed by atoms with Crippen molar-refractivity contribution in [3.63, 3.8) is 0 Å². The number of piperidine rings is 1. The van der Waals surface area contributed by atoms with E-state index in [4.69, 9.17) is 5.73 Å². The van der Waals surface area contributed by atoms with Crippen LogP contribution in [0.4, 0.5) is 5.69 Å². The van der Waals surface area contributed by atoms with E-state index in [1.54, 1.807) is 11.9 Å². The first kappa shape index (κ1) is 14.6. The normalized spacial score (nSPS) is 27.7. The van der Waals surface area contributed by atoms with Gasteiger partial charge < -0.3 is 16.0 Å². The van der Waals surface area contributed by atoms with Crippen molar-refractivity contribution in [3.05, 3.63) is 35.4 Å². The van der Waals surface area contributed by atoms with Crippen LogP contribution in [0.3, 0.4) is 0 Å². The van der Waals surface area contributed by atoms with Crippen LogP contribution in [0, 0.1) is 11.3 Å². The third-order valence-corrected chi connectivity index (χ3v) is 5.01. The van der Waals surface area contributed by atoms with Crippen LogP contribution in [-0.4, -0.2) is 36.9 Å². The number of hydrogen-bond donors (Lipinski definition) is 2. The zero-order chi connectivity index (χ0) is 15.9. The van der Waals surface area contributed by atoms with E-state index in [9.17, 15) is 9.59 Å². The van der Waals surface area contributed by atoms with Crippen LogP contribution in [0.15, 0.2) is 29.8 Å². The van der Waals surface area contributed by atoms with Crippen molar-refractivity contribution in [2.75, 3.05) is 25.5 Å². The van der Waals surface area contributed by atoms with Crippen LogP contribution in [-0.2, 0) is 9.59 Å². The number of amides is 2. The van der Waals surface area contributed by atoms with Crippen molar-refractivity contribution in [3.8, 4) is 0 Å². The molecule has 2 unspecified atom stereocenters. The summed E-state index contributed by atoms with van der Waals surface area (Å²) in [5, 5.41) is 3.34. The molecule has 1 saturated heterocycles. The third-order valence-electron chi connectivity index (χ3n) is 5.01. The van der Waals surface area contributed by atoms with Crippen LogP contribution in [0.25, 0.3) is 6.08 Å². The summed E-state index contributed by atoms with van der Waals surface area (Å²) >= 11 is 0. The highest BCUT2D eigenvalue weighted by atomic mass is 16.2. The molecule has 22 heavy (non-hydrogen) atoms. The highest BCUT2D eigenvalue weighted by Crippen LogP contribution is 2.44. The summed E-state index contributed by atoms with van der Waals surface area (Å²) in [4.78, 5) is 26.4. The predicted molar refractivity (Wildman–Crippen MR) is 86.0 cm³/mol. The lowest BCUT2D eigenvalue weighted by molar-refractivity contribution is -0.150. The number of primary amides is 1. The SMILES string of the molecule is CN1CCC(C(N)=O)C(C)(C2=Cc3ccccc3NC2)C1=O. The topological polar surface area (TPSA) is 75.4 Å². The Balaban J connectivity index is 2.08. The van der Waals surface area contributed by atoms with Crippen molar-refractivity contribution >= 4 is 23.6 Å². The van der Waals surface area contributed by atoms with E-state index in [1.165, 1.54) is 0 Å². The van der Waals surface area contributed by atoms with E-state index < -0.39 is 17.2 Å². The van der Waals surface area contributed by atoms with Gasteiger partial charge in [-0.2, -0.15) is 0 Å². The van der Waals surface area contributed by atoms with Gasteiger partial charge in [0.2, 0.25) is 11.8 Å². The van der Waals surface area contributed by atoms with Gasteiger partial charge in [0.15, 0.2) is 0 Å². The summed E-state index contributed by atoms with van der Waals surface area (Å²) in [6.45, 7) is 2.97. The van der Waals surface area contributed by atoms with Gasteiger partial charge >= 0.3 is 0 Å².